The van der Waals surface area contributed by atoms with Gasteiger partial charge in [-0.15, -0.1) is 0 Å². The molecule has 0 radical (unpaired) electrons. The zero-order chi connectivity index (χ0) is 14.9. The molecular formula is C14H19N3O3S. The van der Waals surface area contributed by atoms with E-state index in [1.165, 1.54) is 12.8 Å². The Balaban J connectivity index is 1.61. The van der Waals surface area contributed by atoms with Crippen molar-refractivity contribution < 1.29 is 13.2 Å². The van der Waals surface area contributed by atoms with Crippen molar-refractivity contribution in [3.63, 3.8) is 0 Å². The maximum absolute atomic E-state index is 12.0. The molecule has 0 bridgehead atoms. The molecule has 1 N–H and O–H groups in total. The van der Waals surface area contributed by atoms with Gasteiger partial charge in [0.05, 0.1) is 29.3 Å². The Morgan fingerprint density at radius 2 is 2.05 bits per heavy atom. The lowest BCUT2D eigenvalue weighted by Gasteiger charge is -2.17. The first-order valence-electron chi connectivity index (χ1n) is 7.26. The molecule has 0 aliphatic carbocycles. The maximum atomic E-state index is 12.0. The van der Waals surface area contributed by atoms with Crippen LogP contribution in [0.3, 0.4) is 0 Å². The highest BCUT2D eigenvalue weighted by molar-refractivity contribution is 7.91. The SMILES string of the molecule is O=C(Nc1ccc(N2CCCC2)cn1)C1CCS(=O)(=O)C1. The monoisotopic (exact) mass is 309 g/mol. The fourth-order valence-electron chi connectivity index (χ4n) is 2.85. The van der Waals surface area contributed by atoms with E-state index in [1.807, 2.05) is 6.07 Å². The van der Waals surface area contributed by atoms with Crippen molar-refractivity contribution in [2.75, 3.05) is 34.8 Å². The van der Waals surface area contributed by atoms with Crippen molar-refractivity contribution in [2.45, 2.75) is 19.3 Å². The zero-order valence-corrected chi connectivity index (χ0v) is 12.6. The fraction of sp³-hybridized carbons (Fsp3) is 0.571. The van der Waals surface area contributed by atoms with Crippen LogP contribution < -0.4 is 10.2 Å². The van der Waals surface area contributed by atoms with Gasteiger partial charge >= 0.3 is 0 Å². The van der Waals surface area contributed by atoms with E-state index in [-0.39, 0.29) is 17.4 Å². The summed E-state index contributed by atoms with van der Waals surface area (Å²) in [4.78, 5) is 18.5. The van der Waals surface area contributed by atoms with Crippen LogP contribution in [0.25, 0.3) is 0 Å². The average molecular weight is 309 g/mol. The Morgan fingerprint density at radius 3 is 2.62 bits per heavy atom. The molecule has 2 fully saturated rings. The smallest absolute Gasteiger partial charge is 0.229 e. The van der Waals surface area contributed by atoms with Gasteiger partial charge in [0.15, 0.2) is 9.84 Å². The molecule has 1 aromatic rings. The van der Waals surface area contributed by atoms with Crippen molar-refractivity contribution in [1.82, 2.24) is 4.98 Å². The molecule has 2 aliphatic rings. The van der Waals surface area contributed by atoms with E-state index in [1.54, 1.807) is 12.3 Å². The van der Waals surface area contributed by atoms with Gasteiger partial charge in [0.25, 0.3) is 0 Å². The van der Waals surface area contributed by atoms with Gasteiger partial charge in [-0.05, 0) is 31.4 Å². The molecule has 6 nitrogen and oxygen atoms in total. The molecule has 2 aliphatic heterocycles. The first-order valence-corrected chi connectivity index (χ1v) is 9.08. The topological polar surface area (TPSA) is 79.4 Å². The van der Waals surface area contributed by atoms with Gasteiger partial charge in [-0.3, -0.25) is 4.79 Å². The van der Waals surface area contributed by atoms with Gasteiger partial charge in [0, 0.05) is 13.1 Å². The quantitative estimate of drug-likeness (QED) is 0.903. The number of nitrogens with zero attached hydrogens (tertiary/aromatic N) is 2. The minimum Gasteiger partial charge on any atom is -0.370 e. The van der Waals surface area contributed by atoms with Crippen LogP contribution in [0.1, 0.15) is 19.3 Å². The van der Waals surface area contributed by atoms with E-state index in [4.69, 9.17) is 0 Å². The minimum absolute atomic E-state index is 0.0509. The molecule has 3 heterocycles. The van der Waals surface area contributed by atoms with Crippen molar-refractivity contribution in [1.29, 1.82) is 0 Å². The van der Waals surface area contributed by atoms with E-state index < -0.39 is 15.8 Å². The van der Waals surface area contributed by atoms with E-state index in [0.29, 0.717) is 12.2 Å². The number of rotatable bonds is 3. The summed E-state index contributed by atoms with van der Waals surface area (Å²) in [6.45, 7) is 2.10. The number of nitrogens with one attached hydrogen (secondary N) is 1. The highest BCUT2D eigenvalue weighted by Gasteiger charge is 2.33. The summed E-state index contributed by atoms with van der Waals surface area (Å²) < 4.78 is 22.8. The summed E-state index contributed by atoms with van der Waals surface area (Å²) in [5.74, 6) is -0.170. The molecule has 1 unspecified atom stereocenters. The summed E-state index contributed by atoms with van der Waals surface area (Å²) >= 11 is 0. The Labute approximate surface area is 124 Å². The molecular weight excluding hydrogens is 290 g/mol. The van der Waals surface area contributed by atoms with Crippen LogP contribution in [0.2, 0.25) is 0 Å². The third-order valence-corrected chi connectivity index (χ3v) is 5.84. The molecule has 0 saturated carbocycles. The second-order valence-corrected chi connectivity index (χ2v) is 7.91. The van der Waals surface area contributed by atoms with Crippen LogP contribution in [-0.2, 0) is 14.6 Å². The molecule has 3 rings (SSSR count). The maximum Gasteiger partial charge on any atom is 0.229 e. The predicted molar refractivity (Wildman–Crippen MR) is 81.1 cm³/mol. The summed E-state index contributed by atoms with van der Waals surface area (Å²) in [6, 6.07) is 3.72. The molecule has 0 aromatic carbocycles. The van der Waals surface area contributed by atoms with Crippen LogP contribution in [-0.4, -0.2) is 43.9 Å². The van der Waals surface area contributed by atoms with Gasteiger partial charge in [0.2, 0.25) is 5.91 Å². The van der Waals surface area contributed by atoms with E-state index in [2.05, 4.69) is 15.2 Å². The van der Waals surface area contributed by atoms with Gasteiger partial charge in [-0.1, -0.05) is 0 Å². The summed E-state index contributed by atoms with van der Waals surface area (Å²) in [7, 11) is -3.04. The third kappa shape index (κ3) is 3.34. The Kier molecular flexibility index (Phi) is 3.84. The van der Waals surface area contributed by atoms with E-state index in [0.717, 1.165) is 18.8 Å². The summed E-state index contributed by atoms with van der Waals surface area (Å²) in [6.07, 6.45) is 4.57. The number of hydrogen-bond donors (Lipinski definition) is 1. The van der Waals surface area contributed by atoms with Crippen LogP contribution in [0.5, 0.6) is 0 Å². The van der Waals surface area contributed by atoms with Gasteiger partial charge in [-0.25, -0.2) is 13.4 Å². The number of aromatic nitrogens is 1. The molecule has 2 saturated heterocycles. The molecule has 7 heteroatoms. The predicted octanol–water partition coefficient (Wildman–Crippen LogP) is 1.05. The zero-order valence-electron chi connectivity index (χ0n) is 11.8. The van der Waals surface area contributed by atoms with Crippen molar-refractivity contribution in [3.8, 4) is 0 Å². The van der Waals surface area contributed by atoms with E-state index in [9.17, 15) is 13.2 Å². The standard InChI is InChI=1S/C14H19N3O3S/c18-14(11-5-8-21(19,20)10-11)16-13-4-3-12(9-15-13)17-6-1-2-7-17/h3-4,9,11H,1-2,5-8,10H2,(H,15,16,18). The highest BCUT2D eigenvalue weighted by Crippen LogP contribution is 2.22. The minimum atomic E-state index is -3.04. The first-order chi connectivity index (χ1) is 10.0. The lowest BCUT2D eigenvalue weighted by molar-refractivity contribution is -0.119. The second kappa shape index (κ2) is 5.63. The van der Waals surface area contributed by atoms with Gasteiger partial charge in [-0.2, -0.15) is 0 Å². The highest BCUT2D eigenvalue weighted by atomic mass is 32.2. The second-order valence-electron chi connectivity index (χ2n) is 5.69. The summed E-state index contributed by atoms with van der Waals surface area (Å²) in [5, 5.41) is 2.71. The number of hydrogen-bond acceptors (Lipinski definition) is 5. The largest absolute Gasteiger partial charge is 0.370 e. The van der Waals surface area contributed by atoms with Crippen LogP contribution >= 0.6 is 0 Å². The van der Waals surface area contributed by atoms with Crippen LogP contribution in [0.4, 0.5) is 11.5 Å². The van der Waals surface area contributed by atoms with E-state index >= 15 is 0 Å². The third-order valence-electron chi connectivity index (χ3n) is 4.07. The lowest BCUT2D eigenvalue weighted by Crippen LogP contribution is -2.24. The number of amides is 1. The van der Waals surface area contributed by atoms with Crippen molar-refractivity contribution in [3.05, 3.63) is 18.3 Å². The molecule has 1 aromatic heterocycles. The number of carbonyl (C=O) groups excluding carboxylic acids is 1. The normalized spacial score (nSPS) is 24.2. The van der Waals surface area contributed by atoms with Crippen molar-refractivity contribution in [2.24, 2.45) is 5.92 Å². The average Bonchev–Trinajstić information content (AvgIpc) is 3.09. The molecule has 1 amide bonds. The van der Waals surface area contributed by atoms with Crippen LogP contribution in [0.15, 0.2) is 18.3 Å². The van der Waals surface area contributed by atoms with Gasteiger partial charge in [0.1, 0.15) is 5.82 Å². The number of carbonyl (C=O) groups is 1. The van der Waals surface area contributed by atoms with Crippen molar-refractivity contribution >= 4 is 27.2 Å². The number of anilines is 2. The molecule has 21 heavy (non-hydrogen) atoms. The lowest BCUT2D eigenvalue weighted by atomic mass is 10.1. The number of pyridine rings is 1. The Morgan fingerprint density at radius 1 is 1.29 bits per heavy atom. The fourth-order valence-corrected chi connectivity index (χ4v) is 4.59. The first kappa shape index (κ1) is 14.3. The Hall–Kier alpha value is -1.63. The van der Waals surface area contributed by atoms with Gasteiger partial charge < -0.3 is 10.2 Å². The Bertz CT molecular complexity index is 621. The molecule has 1 atom stereocenters. The molecule has 0 spiro atoms. The summed E-state index contributed by atoms with van der Waals surface area (Å²) in [5.41, 5.74) is 1.06. The number of sulfone groups is 1. The van der Waals surface area contributed by atoms with Crippen LogP contribution in [0, 0.1) is 5.92 Å². The molecule has 114 valence electrons.